The Bertz CT molecular complexity index is 2830. The monoisotopic (exact) mass is 670 g/mol. The summed E-state index contributed by atoms with van der Waals surface area (Å²) in [6, 6.07) is 58.4. The van der Waals surface area contributed by atoms with Crippen molar-refractivity contribution in [3.05, 3.63) is 169 Å². The molecule has 0 aliphatic heterocycles. The maximum Gasteiger partial charge on any atom is 0.0541 e. The SMILES string of the molecule is CC1(C)CCC(C)(C)c2c(-n3c4ccccc4c4cc(-c5ccc6c(c5)c5ccccc5n6-c5ccc(-c6ccccc6)cc5)ccc43)cccc21. The van der Waals surface area contributed by atoms with Crippen molar-refractivity contribution >= 4 is 43.6 Å². The molecule has 1 aliphatic rings. The topological polar surface area (TPSA) is 9.86 Å². The van der Waals surface area contributed by atoms with Gasteiger partial charge in [-0.3, -0.25) is 0 Å². The van der Waals surface area contributed by atoms with Crippen LogP contribution in [0, 0.1) is 0 Å². The van der Waals surface area contributed by atoms with Crippen molar-refractivity contribution in [2.24, 2.45) is 0 Å². The van der Waals surface area contributed by atoms with Crippen molar-refractivity contribution in [3.63, 3.8) is 0 Å². The van der Waals surface area contributed by atoms with Crippen molar-refractivity contribution in [2.45, 2.75) is 51.4 Å². The average Bonchev–Trinajstić information content (AvgIpc) is 3.69. The Hall–Kier alpha value is -5.86. The smallest absolute Gasteiger partial charge is 0.0541 e. The first kappa shape index (κ1) is 30.9. The molecule has 2 heteroatoms. The van der Waals surface area contributed by atoms with Gasteiger partial charge in [0.2, 0.25) is 0 Å². The van der Waals surface area contributed by atoms with Crippen LogP contribution in [0.3, 0.4) is 0 Å². The Morgan fingerprint density at radius 1 is 0.385 bits per heavy atom. The number of nitrogens with zero attached hydrogens (tertiary/aromatic N) is 2. The average molecular weight is 671 g/mol. The lowest BCUT2D eigenvalue weighted by Gasteiger charge is -2.43. The van der Waals surface area contributed by atoms with E-state index in [2.05, 4.69) is 195 Å². The lowest BCUT2D eigenvalue weighted by atomic mass is 9.62. The van der Waals surface area contributed by atoms with Crippen LogP contribution in [0.25, 0.3) is 77.2 Å². The zero-order chi connectivity index (χ0) is 35.2. The van der Waals surface area contributed by atoms with Gasteiger partial charge in [-0.1, -0.05) is 131 Å². The molecule has 0 spiro atoms. The number of benzene rings is 7. The molecule has 0 radical (unpaired) electrons. The predicted octanol–water partition coefficient (Wildman–Crippen LogP) is 13.6. The summed E-state index contributed by atoms with van der Waals surface area (Å²) in [6.07, 6.45) is 2.39. The van der Waals surface area contributed by atoms with Gasteiger partial charge in [0.1, 0.15) is 0 Å². The second kappa shape index (κ2) is 11.3. The van der Waals surface area contributed by atoms with Crippen LogP contribution in [-0.2, 0) is 10.8 Å². The Balaban J connectivity index is 1.13. The molecular formula is C50H42N2. The number of fused-ring (bicyclic) bond motifs is 7. The van der Waals surface area contributed by atoms with Gasteiger partial charge >= 0.3 is 0 Å². The number of rotatable bonds is 4. The fourth-order valence-electron chi connectivity index (χ4n) is 9.16. The molecule has 0 bridgehead atoms. The van der Waals surface area contributed by atoms with Gasteiger partial charge in [-0.25, -0.2) is 0 Å². The molecule has 1 aliphatic carbocycles. The van der Waals surface area contributed by atoms with E-state index in [1.807, 2.05) is 0 Å². The fourth-order valence-corrected chi connectivity index (χ4v) is 9.16. The van der Waals surface area contributed by atoms with Crippen LogP contribution in [0.4, 0.5) is 0 Å². The highest BCUT2D eigenvalue weighted by Crippen LogP contribution is 2.49. The quantitative estimate of drug-likeness (QED) is 0.176. The van der Waals surface area contributed by atoms with E-state index < -0.39 is 0 Å². The van der Waals surface area contributed by atoms with Gasteiger partial charge in [-0.05, 0) is 112 Å². The highest BCUT2D eigenvalue weighted by atomic mass is 15.0. The number of hydrogen-bond acceptors (Lipinski definition) is 0. The fraction of sp³-hybridized carbons (Fsp3) is 0.160. The minimum atomic E-state index is 0.0949. The van der Waals surface area contributed by atoms with E-state index in [-0.39, 0.29) is 10.8 Å². The maximum absolute atomic E-state index is 2.54. The first-order valence-corrected chi connectivity index (χ1v) is 18.7. The first-order chi connectivity index (χ1) is 25.3. The van der Waals surface area contributed by atoms with Crippen LogP contribution in [0.15, 0.2) is 158 Å². The third-order valence-electron chi connectivity index (χ3n) is 12.0. The summed E-state index contributed by atoms with van der Waals surface area (Å²) in [6.45, 7) is 9.70. The standard InChI is InChI=1S/C50H42N2/c1-49(2)29-30-50(3,4)48-42(49)17-12-20-47(48)52-44-19-11-9-16-39(44)41-32-36(24-28-46(41)52)35-23-27-45-40(31-35)38-15-8-10-18-43(38)51(45)37-25-21-34(22-26-37)33-13-6-5-7-14-33/h5-28,31-32H,29-30H2,1-4H3. The summed E-state index contributed by atoms with van der Waals surface area (Å²) in [5.74, 6) is 0. The van der Waals surface area contributed by atoms with Gasteiger partial charge in [-0.2, -0.15) is 0 Å². The molecule has 0 atom stereocenters. The lowest BCUT2D eigenvalue weighted by Crippen LogP contribution is -2.35. The van der Waals surface area contributed by atoms with Gasteiger partial charge < -0.3 is 9.13 Å². The van der Waals surface area contributed by atoms with Crippen molar-refractivity contribution in [1.82, 2.24) is 9.13 Å². The summed E-state index contributed by atoms with van der Waals surface area (Å²) < 4.78 is 4.94. The molecule has 52 heavy (non-hydrogen) atoms. The second-order valence-corrected chi connectivity index (χ2v) is 16.0. The van der Waals surface area contributed by atoms with Gasteiger partial charge in [0.05, 0.1) is 27.8 Å². The molecule has 0 fully saturated rings. The van der Waals surface area contributed by atoms with Gasteiger partial charge in [0, 0.05) is 27.2 Å². The number of para-hydroxylation sites is 2. The molecule has 7 aromatic carbocycles. The minimum Gasteiger partial charge on any atom is -0.309 e. The molecule has 9 aromatic rings. The Labute approximate surface area is 305 Å². The molecule has 0 N–H and O–H groups in total. The van der Waals surface area contributed by atoms with E-state index in [0.29, 0.717) is 0 Å². The normalized spacial score (nSPS) is 15.1. The molecule has 0 saturated carbocycles. The largest absolute Gasteiger partial charge is 0.309 e. The van der Waals surface area contributed by atoms with E-state index in [4.69, 9.17) is 0 Å². The van der Waals surface area contributed by atoms with Crippen molar-refractivity contribution in [3.8, 4) is 33.6 Å². The summed E-state index contributed by atoms with van der Waals surface area (Å²) in [7, 11) is 0. The van der Waals surface area contributed by atoms with Crippen LogP contribution < -0.4 is 0 Å². The van der Waals surface area contributed by atoms with Crippen molar-refractivity contribution in [1.29, 1.82) is 0 Å². The lowest BCUT2D eigenvalue weighted by molar-refractivity contribution is 0.331. The highest BCUT2D eigenvalue weighted by Gasteiger charge is 2.39. The second-order valence-electron chi connectivity index (χ2n) is 16.0. The molecule has 10 rings (SSSR count). The number of hydrogen-bond donors (Lipinski definition) is 0. The Morgan fingerprint density at radius 3 is 1.54 bits per heavy atom. The molecule has 2 heterocycles. The molecule has 2 aromatic heterocycles. The molecular weight excluding hydrogens is 629 g/mol. The van der Waals surface area contributed by atoms with Crippen LogP contribution in [0.2, 0.25) is 0 Å². The molecule has 0 unspecified atom stereocenters. The molecule has 0 saturated heterocycles. The van der Waals surface area contributed by atoms with Gasteiger partial charge in [0.25, 0.3) is 0 Å². The van der Waals surface area contributed by atoms with Gasteiger partial charge in [-0.15, -0.1) is 0 Å². The zero-order valence-electron chi connectivity index (χ0n) is 30.3. The predicted molar refractivity (Wildman–Crippen MR) is 221 cm³/mol. The first-order valence-electron chi connectivity index (χ1n) is 18.7. The van der Waals surface area contributed by atoms with E-state index in [9.17, 15) is 0 Å². The Kier molecular flexibility index (Phi) is 6.73. The third kappa shape index (κ3) is 4.63. The maximum atomic E-state index is 2.54. The molecule has 2 nitrogen and oxygen atoms in total. The summed E-state index contributed by atoms with van der Waals surface area (Å²) >= 11 is 0. The van der Waals surface area contributed by atoms with Crippen LogP contribution in [0.1, 0.15) is 51.7 Å². The molecule has 252 valence electrons. The molecule has 0 amide bonds. The zero-order valence-corrected chi connectivity index (χ0v) is 30.3. The van der Waals surface area contributed by atoms with Crippen LogP contribution in [-0.4, -0.2) is 9.13 Å². The Morgan fingerprint density at radius 2 is 0.885 bits per heavy atom. The van der Waals surface area contributed by atoms with Crippen LogP contribution in [0.5, 0.6) is 0 Å². The highest BCUT2D eigenvalue weighted by molar-refractivity contribution is 6.12. The summed E-state index contributed by atoms with van der Waals surface area (Å²) in [4.78, 5) is 0. The van der Waals surface area contributed by atoms with Crippen LogP contribution >= 0.6 is 0 Å². The van der Waals surface area contributed by atoms with E-state index in [1.165, 1.54) is 101 Å². The summed E-state index contributed by atoms with van der Waals surface area (Å²) in [5.41, 5.74) is 15.6. The van der Waals surface area contributed by atoms with E-state index in [1.54, 1.807) is 0 Å². The minimum absolute atomic E-state index is 0.0949. The summed E-state index contributed by atoms with van der Waals surface area (Å²) in [5, 5.41) is 5.12. The van der Waals surface area contributed by atoms with Crippen molar-refractivity contribution in [2.75, 3.05) is 0 Å². The van der Waals surface area contributed by atoms with E-state index in [0.717, 1.165) is 0 Å². The van der Waals surface area contributed by atoms with E-state index >= 15 is 0 Å². The van der Waals surface area contributed by atoms with Gasteiger partial charge in [0.15, 0.2) is 0 Å². The van der Waals surface area contributed by atoms with Crippen molar-refractivity contribution < 1.29 is 0 Å². The third-order valence-corrected chi connectivity index (χ3v) is 12.0. The number of aromatic nitrogens is 2.